The monoisotopic (exact) mass is 402 g/mol. The minimum absolute atomic E-state index is 0.0505. The van der Waals surface area contributed by atoms with E-state index in [1.54, 1.807) is 17.0 Å². The molecule has 2 saturated heterocycles. The number of halogens is 1. The van der Waals surface area contributed by atoms with Crippen LogP contribution in [0.3, 0.4) is 0 Å². The minimum Gasteiger partial charge on any atom is -0.350 e. The summed E-state index contributed by atoms with van der Waals surface area (Å²) in [5, 5.41) is 0.349. The highest BCUT2D eigenvalue weighted by molar-refractivity contribution is 7.89. The molecule has 0 atom stereocenters. The van der Waals surface area contributed by atoms with Crippen molar-refractivity contribution in [3.05, 3.63) is 29.3 Å². The summed E-state index contributed by atoms with van der Waals surface area (Å²) in [6.07, 6.45) is 1.66. The molecule has 144 valence electrons. The normalized spacial score (nSPS) is 19.8. The number of amides is 1. The van der Waals surface area contributed by atoms with E-state index in [-0.39, 0.29) is 30.1 Å². The Morgan fingerprint density at radius 2 is 1.92 bits per heavy atom. The lowest BCUT2D eigenvalue weighted by molar-refractivity contribution is -0.136. The van der Waals surface area contributed by atoms with E-state index in [4.69, 9.17) is 21.1 Å². The third kappa shape index (κ3) is 4.95. The van der Waals surface area contributed by atoms with E-state index >= 15 is 0 Å². The van der Waals surface area contributed by atoms with Crippen molar-refractivity contribution < 1.29 is 22.7 Å². The number of likely N-dealkylation sites (tertiary alicyclic amines) is 1. The second-order valence-corrected chi connectivity index (χ2v) is 8.64. The molecule has 0 aliphatic carbocycles. The predicted octanol–water partition coefficient (Wildman–Crippen LogP) is 1.62. The van der Waals surface area contributed by atoms with Crippen molar-refractivity contribution in [2.75, 3.05) is 32.8 Å². The number of carbonyl (C=O) groups excluding carboxylic acids is 1. The fraction of sp³-hybridized carbons (Fsp3) is 0.588. The average molecular weight is 403 g/mol. The maximum absolute atomic E-state index is 12.3. The number of sulfonamides is 1. The molecule has 0 saturated carbocycles. The topological polar surface area (TPSA) is 84.9 Å². The Balaban J connectivity index is 1.43. The van der Waals surface area contributed by atoms with Crippen molar-refractivity contribution in [2.24, 2.45) is 5.92 Å². The number of nitrogens with zero attached hydrogens (tertiary/aromatic N) is 1. The molecular weight excluding hydrogens is 380 g/mol. The predicted molar refractivity (Wildman–Crippen MR) is 96.3 cm³/mol. The van der Waals surface area contributed by atoms with E-state index in [1.807, 2.05) is 0 Å². The molecule has 0 aromatic heterocycles. The Morgan fingerprint density at radius 1 is 1.23 bits per heavy atom. The number of piperidine rings is 1. The number of ether oxygens (including phenoxy) is 2. The van der Waals surface area contributed by atoms with E-state index in [2.05, 4.69) is 4.72 Å². The molecule has 7 nitrogen and oxygen atoms in total. The lowest BCUT2D eigenvalue weighted by Crippen LogP contribution is -2.42. The molecule has 3 rings (SSSR count). The van der Waals surface area contributed by atoms with Crippen molar-refractivity contribution in [2.45, 2.75) is 30.4 Å². The number of carbonyl (C=O) groups is 1. The summed E-state index contributed by atoms with van der Waals surface area (Å²) >= 11 is 5.82. The van der Waals surface area contributed by atoms with Gasteiger partial charge in [0.05, 0.1) is 18.1 Å². The summed E-state index contributed by atoms with van der Waals surface area (Å²) in [5.41, 5.74) is 0. The molecule has 0 radical (unpaired) electrons. The fourth-order valence-corrected chi connectivity index (χ4v) is 4.57. The van der Waals surface area contributed by atoms with Gasteiger partial charge in [0.1, 0.15) is 0 Å². The second-order valence-electron chi connectivity index (χ2n) is 6.43. The van der Waals surface area contributed by atoms with E-state index in [0.29, 0.717) is 37.2 Å². The Labute approximate surface area is 158 Å². The van der Waals surface area contributed by atoms with Crippen LogP contribution in [0.4, 0.5) is 0 Å². The average Bonchev–Trinajstić information content (AvgIpc) is 3.16. The van der Waals surface area contributed by atoms with Crippen molar-refractivity contribution in [1.29, 1.82) is 0 Å². The molecule has 0 unspecified atom stereocenters. The number of nitrogens with one attached hydrogen (secondary N) is 1. The Kier molecular flexibility index (Phi) is 6.52. The van der Waals surface area contributed by atoms with Crippen LogP contribution >= 0.6 is 11.6 Å². The zero-order valence-corrected chi connectivity index (χ0v) is 16.0. The van der Waals surface area contributed by atoms with Crippen molar-refractivity contribution in [3.8, 4) is 0 Å². The van der Waals surface area contributed by atoms with E-state index in [1.165, 1.54) is 12.1 Å². The fourth-order valence-electron chi connectivity index (χ4n) is 3.24. The van der Waals surface area contributed by atoms with Gasteiger partial charge in [0.2, 0.25) is 15.9 Å². The molecule has 0 bridgehead atoms. The van der Waals surface area contributed by atoms with E-state index < -0.39 is 10.0 Å². The lowest BCUT2D eigenvalue weighted by atomic mass is 9.96. The van der Waals surface area contributed by atoms with Crippen LogP contribution in [0.25, 0.3) is 0 Å². The summed E-state index contributed by atoms with van der Waals surface area (Å²) in [5.74, 6) is 0.272. The molecule has 1 N–H and O–H groups in total. The molecule has 9 heteroatoms. The van der Waals surface area contributed by atoms with Gasteiger partial charge in [-0.05, 0) is 31.0 Å². The number of benzene rings is 1. The maximum Gasteiger partial charge on any atom is 0.240 e. The van der Waals surface area contributed by atoms with Gasteiger partial charge in [-0.15, -0.1) is 0 Å². The Hall–Kier alpha value is -1.19. The lowest BCUT2D eigenvalue weighted by Gasteiger charge is -2.33. The number of rotatable bonds is 6. The zero-order valence-electron chi connectivity index (χ0n) is 14.4. The molecule has 0 spiro atoms. The first-order valence-electron chi connectivity index (χ1n) is 8.72. The third-order valence-corrected chi connectivity index (χ3v) is 6.36. The van der Waals surface area contributed by atoms with Crippen molar-refractivity contribution >= 4 is 27.5 Å². The SMILES string of the molecule is O=C(CCNS(=O)(=O)c1cccc(Cl)c1)N1CCC(C2OCCO2)CC1. The molecule has 26 heavy (non-hydrogen) atoms. The summed E-state index contributed by atoms with van der Waals surface area (Å²) in [6, 6.07) is 6.02. The number of hydrogen-bond acceptors (Lipinski definition) is 5. The summed E-state index contributed by atoms with van der Waals surface area (Å²) < 4.78 is 37.9. The van der Waals surface area contributed by atoms with Gasteiger partial charge >= 0.3 is 0 Å². The van der Waals surface area contributed by atoms with E-state index in [0.717, 1.165) is 12.8 Å². The van der Waals surface area contributed by atoms with Crippen LogP contribution in [-0.2, 0) is 24.3 Å². The third-order valence-electron chi connectivity index (χ3n) is 4.66. The van der Waals surface area contributed by atoms with Crippen LogP contribution in [0.5, 0.6) is 0 Å². The first-order chi connectivity index (χ1) is 12.5. The molecule has 1 aromatic rings. The molecular formula is C17H23ClN2O5S. The summed E-state index contributed by atoms with van der Waals surface area (Å²) in [7, 11) is -3.67. The molecule has 2 aliphatic heterocycles. The first kappa shape index (κ1) is 19.6. The van der Waals surface area contributed by atoms with Gasteiger partial charge < -0.3 is 14.4 Å². The number of hydrogen-bond donors (Lipinski definition) is 1. The largest absolute Gasteiger partial charge is 0.350 e. The van der Waals surface area contributed by atoms with Gasteiger partial charge in [0, 0.05) is 37.0 Å². The Bertz CT molecular complexity index is 728. The van der Waals surface area contributed by atoms with Crippen LogP contribution in [-0.4, -0.2) is 58.4 Å². The highest BCUT2D eigenvalue weighted by Crippen LogP contribution is 2.26. The van der Waals surface area contributed by atoms with Gasteiger partial charge in [-0.25, -0.2) is 13.1 Å². The second kappa shape index (κ2) is 8.67. The molecule has 2 fully saturated rings. The highest BCUT2D eigenvalue weighted by atomic mass is 35.5. The molecule has 1 amide bonds. The summed E-state index contributed by atoms with van der Waals surface area (Å²) in [6.45, 7) is 2.62. The highest BCUT2D eigenvalue weighted by Gasteiger charge is 2.31. The summed E-state index contributed by atoms with van der Waals surface area (Å²) in [4.78, 5) is 14.2. The van der Waals surface area contributed by atoms with Gasteiger partial charge in [0.15, 0.2) is 6.29 Å². The molecule has 1 aromatic carbocycles. The Morgan fingerprint density at radius 3 is 2.58 bits per heavy atom. The van der Waals surface area contributed by atoms with Crippen LogP contribution in [0.15, 0.2) is 29.2 Å². The minimum atomic E-state index is -3.67. The van der Waals surface area contributed by atoms with Crippen molar-refractivity contribution in [3.63, 3.8) is 0 Å². The van der Waals surface area contributed by atoms with Gasteiger partial charge in [-0.3, -0.25) is 4.79 Å². The van der Waals surface area contributed by atoms with Gasteiger partial charge in [0.25, 0.3) is 0 Å². The zero-order chi connectivity index (χ0) is 18.6. The maximum atomic E-state index is 12.3. The van der Waals surface area contributed by atoms with E-state index in [9.17, 15) is 13.2 Å². The van der Waals surface area contributed by atoms with Crippen molar-refractivity contribution in [1.82, 2.24) is 9.62 Å². The molecule has 2 aliphatic rings. The standard InChI is InChI=1S/C17H23ClN2O5S/c18-14-2-1-3-15(12-14)26(22,23)19-7-4-16(21)20-8-5-13(6-9-20)17-24-10-11-25-17/h1-3,12-13,17,19H,4-11H2. The van der Waals surface area contributed by atoms with Crippen LogP contribution < -0.4 is 4.72 Å². The van der Waals surface area contributed by atoms with Gasteiger partial charge in [-0.2, -0.15) is 0 Å². The smallest absolute Gasteiger partial charge is 0.240 e. The van der Waals surface area contributed by atoms with Gasteiger partial charge in [-0.1, -0.05) is 17.7 Å². The van der Waals surface area contributed by atoms with Crippen LogP contribution in [0.2, 0.25) is 5.02 Å². The quantitative estimate of drug-likeness (QED) is 0.781. The first-order valence-corrected chi connectivity index (χ1v) is 10.6. The molecule has 2 heterocycles. The van der Waals surface area contributed by atoms with Crippen LogP contribution in [0, 0.1) is 5.92 Å². The van der Waals surface area contributed by atoms with Crippen LogP contribution in [0.1, 0.15) is 19.3 Å².